The van der Waals surface area contributed by atoms with E-state index in [0.717, 1.165) is 35.4 Å². The van der Waals surface area contributed by atoms with Gasteiger partial charge in [-0.05, 0) is 26.3 Å². The van der Waals surface area contributed by atoms with Gasteiger partial charge in [0, 0.05) is 30.5 Å². The molecule has 3 rings (SSSR count). The van der Waals surface area contributed by atoms with Crippen LogP contribution in [0.3, 0.4) is 0 Å². The van der Waals surface area contributed by atoms with Crippen LogP contribution in [0.5, 0.6) is 0 Å². The van der Waals surface area contributed by atoms with E-state index in [4.69, 9.17) is 4.74 Å². The van der Waals surface area contributed by atoms with Gasteiger partial charge in [-0.15, -0.1) is 0 Å². The Morgan fingerprint density at radius 3 is 2.90 bits per heavy atom. The molecule has 0 radical (unpaired) electrons. The molecule has 5 nitrogen and oxygen atoms in total. The van der Waals surface area contributed by atoms with E-state index in [1.807, 2.05) is 24.9 Å². The molecule has 0 aliphatic heterocycles. The lowest BCUT2D eigenvalue weighted by atomic mass is 9.64. The molecular weight excluding hydrogens is 264 g/mol. The van der Waals surface area contributed by atoms with Gasteiger partial charge in [0.15, 0.2) is 5.65 Å². The van der Waals surface area contributed by atoms with Crippen molar-refractivity contribution in [3.63, 3.8) is 0 Å². The SMILES string of the molecule is CCOC1CC(Nc2cnc3c(c2)c(C)nn3C)C1(C)C. The monoisotopic (exact) mass is 288 g/mol. The maximum atomic E-state index is 5.78. The van der Waals surface area contributed by atoms with Crippen LogP contribution in [0.1, 0.15) is 32.9 Å². The van der Waals surface area contributed by atoms with Gasteiger partial charge >= 0.3 is 0 Å². The zero-order valence-electron chi connectivity index (χ0n) is 13.5. The van der Waals surface area contributed by atoms with E-state index in [-0.39, 0.29) is 5.41 Å². The van der Waals surface area contributed by atoms with Crippen molar-refractivity contribution in [1.82, 2.24) is 14.8 Å². The Kier molecular flexibility index (Phi) is 3.40. The summed E-state index contributed by atoms with van der Waals surface area (Å²) in [6, 6.07) is 2.57. The van der Waals surface area contributed by atoms with Gasteiger partial charge in [0.2, 0.25) is 0 Å². The van der Waals surface area contributed by atoms with Crippen molar-refractivity contribution in [2.24, 2.45) is 12.5 Å². The molecule has 5 heteroatoms. The first-order valence-electron chi connectivity index (χ1n) is 7.61. The second-order valence-corrected chi connectivity index (χ2v) is 6.50. The molecule has 1 aliphatic carbocycles. The summed E-state index contributed by atoms with van der Waals surface area (Å²) in [6.45, 7) is 9.38. The highest BCUT2D eigenvalue weighted by molar-refractivity contribution is 5.81. The van der Waals surface area contributed by atoms with E-state index in [1.54, 1.807) is 0 Å². The van der Waals surface area contributed by atoms with Crippen molar-refractivity contribution >= 4 is 16.7 Å². The molecule has 2 unspecified atom stereocenters. The van der Waals surface area contributed by atoms with Crippen molar-refractivity contribution in [2.75, 3.05) is 11.9 Å². The molecule has 1 aliphatic rings. The normalized spacial score (nSPS) is 24.0. The minimum absolute atomic E-state index is 0.148. The first-order valence-corrected chi connectivity index (χ1v) is 7.61. The van der Waals surface area contributed by atoms with Gasteiger partial charge in [-0.2, -0.15) is 5.10 Å². The van der Waals surface area contributed by atoms with E-state index in [1.165, 1.54) is 0 Å². The highest BCUT2D eigenvalue weighted by Crippen LogP contribution is 2.44. The molecular formula is C16H24N4O. The predicted molar refractivity (Wildman–Crippen MR) is 84.5 cm³/mol. The van der Waals surface area contributed by atoms with Crippen LogP contribution < -0.4 is 5.32 Å². The van der Waals surface area contributed by atoms with Crippen LogP contribution >= 0.6 is 0 Å². The molecule has 114 valence electrons. The molecule has 0 bridgehead atoms. The Bertz CT molecular complexity index is 662. The van der Waals surface area contributed by atoms with Gasteiger partial charge in [0.25, 0.3) is 0 Å². The zero-order chi connectivity index (χ0) is 15.2. The van der Waals surface area contributed by atoms with Crippen LogP contribution in [0, 0.1) is 12.3 Å². The predicted octanol–water partition coefficient (Wildman–Crippen LogP) is 2.89. The maximum absolute atomic E-state index is 5.78. The molecule has 21 heavy (non-hydrogen) atoms. The van der Waals surface area contributed by atoms with Crippen LogP contribution in [0.4, 0.5) is 5.69 Å². The van der Waals surface area contributed by atoms with Gasteiger partial charge in [-0.3, -0.25) is 4.68 Å². The zero-order valence-corrected chi connectivity index (χ0v) is 13.5. The first-order chi connectivity index (χ1) is 9.93. The Morgan fingerprint density at radius 1 is 1.48 bits per heavy atom. The van der Waals surface area contributed by atoms with E-state index >= 15 is 0 Å². The smallest absolute Gasteiger partial charge is 0.157 e. The Morgan fingerprint density at radius 2 is 2.24 bits per heavy atom. The molecule has 1 saturated carbocycles. The fraction of sp³-hybridized carbons (Fsp3) is 0.625. The summed E-state index contributed by atoms with van der Waals surface area (Å²) < 4.78 is 7.61. The summed E-state index contributed by atoms with van der Waals surface area (Å²) in [6.07, 6.45) is 3.29. The Balaban J connectivity index is 1.79. The molecule has 0 aromatic carbocycles. The van der Waals surface area contributed by atoms with Crippen molar-refractivity contribution in [1.29, 1.82) is 0 Å². The summed E-state index contributed by atoms with van der Waals surface area (Å²) in [5, 5.41) is 9.13. The number of ether oxygens (including phenoxy) is 1. The van der Waals surface area contributed by atoms with Gasteiger partial charge in [-0.1, -0.05) is 13.8 Å². The minimum atomic E-state index is 0.148. The van der Waals surface area contributed by atoms with E-state index in [9.17, 15) is 0 Å². The fourth-order valence-electron chi connectivity index (χ4n) is 3.20. The third-order valence-corrected chi connectivity index (χ3v) is 4.75. The summed E-state index contributed by atoms with van der Waals surface area (Å²) in [5.41, 5.74) is 3.16. The number of nitrogens with one attached hydrogen (secondary N) is 1. The number of aromatic nitrogens is 3. The van der Waals surface area contributed by atoms with Crippen LogP contribution in [0.25, 0.3) is 11.0 Å². The summed E-state index contributed by atoms with van der Waals surface area (Å²) >= 11 is 0. The van der Waals surface area contributed by atoms with Crippen molar-refractivity contribution in [3.05, 3.63) is 18.0 Å². The maximum Gasteiger partial charge on any atom is 0.157 e. The van der Waals surface area contributed by atoms with Crippen molar-refractivity contribution < 1.29 is 4.74 Å². The van der Waals surface area contributed by atoms with Gasteiger partial charge in [0.05, 0.1) is 23.7 Å². The number of aryl methyl sites for hydroxylation is 2. The molecule has 0 spiro atoms. The molecule has 2 aromatic heterocycles. The number of fused-ring (bicyclic) bond motifs is 1. The highest BCUT2D eigenvalue weighted by Gasteiger charge is 2.48. The largest absolute Gasteiger partial charge is 0.380 e. The van der Waals surface area contributed by atoms with E-state index in [0.29, 0.717) is 12.1 Å². The number of hydrogen-bond acceptors (Lipinski definition) is 4. The van der Waals surface area contributed by atoms with Gasteiger partial charge in [-0.25, -0.2) is 4.98 Å². The third-order valence-electron chi connectivity index (χ3n) is 4.75. The lowest BCUT2D eigenvalue weighted by Gasteiger charge is -2.52. The topological polar surface area (TPSA) is 52.0 Å². The second-order valence-electron chi connectivity index (χ2n) is 6.50. The molecule has 0 amide bonds. The third kappa shape index (κ3) is 2.29. The molecule has 1 N–H and O–H groups in total. The number of rotatable bonds is 4. The Labute approximate surface area is 125 Å². The van der Waals surface area contributed by atoms with Gasteiger partial charge < -0.3 is 10.1 Å². The quantitative estimate of drug-likeness (QED) is 0.940. The lowest BCUT2D eigenvalue weighted by molar-refractivity contribution is -0.0975. The van der Waals surface area contributed by atoms with Crippen LogP contribution in [0.15, 0.2) is 12.3 Å². The molecule has 1 fully saturated rings. The standard InChI is InChI=1S/C16H24N4O/c1-6-21-14-8-13(16(14,3)4)18-11-7-12-10(2)19-20(5)15(12)17-9-11/h7,9,13-14,18H,6,8H2,1-5H3. The summed E-state index contributed by atoms with van der Waals surface area (Å²) in [4.78, 5) is 4.52. The van der Waals surface area contributed by atoms with Crippen molar-refractivity contribution in [3.8, 4) is 0 Å². The average Bonchev–Trinajstić information content (AvgIpc) is 2.73. The fourth-order valence-corrected chi connectivity index (χ4v) is 3.20. The highest BCUT2D eigenvalue weighted by atomic mass is 16.5. The molecule has 0 saturated heterocycles. The second kappa shape index (κ2) is 4.98. The number of pyridine rings is 1. The number of anilines is 1. The lowest BCUT2D eigenvalue weighted by Crippen LogP contribution is -2.58. The first kappa shape index (κ1) is 14.3. The molecule has 2 aromatic rings. The average molecular weight is 288 g/mol. The van der Waals surface area contributed by atoms with Crippen LogP contribution in [-0.4, -0.2) is 33.5 Å². The van der Waals surface area contributed by atoms with E-state index in [2.05, 4.69) is 42.2 Å². The summed E-state index contributed by atoms with van der Waals surface area (Å²) in [7, 11) is 1.93. The van der Waals surface area contributed by atoms with E-state index < -0.39 is 0 Å². The molecule has 2 heterocycles. The van der Waals surface area contributed by atoms with Crippen LogP contribution in [0.2, 0.25) is 0 Å². The number of hydrogen-bond donors (Lipinski definition) is 1. The Hall–Kier alpha value is -1.62. The van der Waals surface area contributed by atoms with Crippen LogP contribution in [-0.2, 0) is 11.8 Å². The molecule has 2 atom stereocenters. The minimum Gasteiger partial charge on any atom is -0.380 e. The van der Waals surface area contributed by atoms with Crippen molar-refractivity contribution in [2.45, 2.75) is 46.3 Å². The van der Waals surface area contributed by atoms with Gasteiger partial charge in [0.1, 0.15) is 0 Å². The number of nitrogens with zero attached hydrogens (tertiary/aromatic N) is 3. The summed E-state index contributed by atoms with van der Waals surface area (Å²) in [5.74, 6) is 0.